The molecule has 110 valence electrons. The molecule has 7 nitrogen and oxygen atoms in total. The zero-order chi connectivity index (χ0) is 15.1. The Balaban J connectivity index is 2.24. The van der Waals surface area contributed by atoms with Crippen LogP contribution in [0.1, 0.15) is 38.3 Å². The van der Waals surface area contributed by atoms with Crippen LogP contribution in [-0.4, -0.2) is 45.0 Å². The molecular weight excluding hydrogens is 258 g/mol. The number of H-pyrrole nitrogens is 1. The van der Waals surface area contributed by atoms with E-state index in [1.165, 1.54) is 0 Å². The van der Waals surface area contributed by atoms with Crippen molar-refractivity contribution >= 4 is 11.8 Å². The summed E-state index contributed by atoms with van der Waals surface area (Å²) in [6.07, 6.45) is 0. The van der Waals surface area contributed by atoms with Gasteiger partial charge in [0.2, 0.25) is 11.8 Å². The third-order valence-corrected chi connectivity index (χ3v) is 3.56. The van der Waals surface area contributed by atoms with E-state index in [1.807, 2.05) is 20.8 Å². The highest BCUT2D eigenvalue weighted by Crippen LogP contribution is 2.33. The number of nitrogens with zero attached hydrogens (tertiary/aromatic N) is 3. The van der Waals surface area contributed by atoms with Crippen LogP contribution in [0.3, 0.4) is 0 Å². The number of aromatic amines is 1. The molecule has 0 aromatic carbocycles. The number of nitrogens with one attached hydrogen (secondary N) is 1. The second-order valence-corrected chi connectivity index (χ2v) is 6.35. The van der Waals surface area contributed by atoms with Crippen molar-refractivity contribution in [3.63, 3.8) is 0 Å². The van der Waals surface area contributed by atoms with E-state index >= 15 is 0 Å². The Bertz CT molecular complexity index is 531. The maximum absolute atomic E-state index is 12.3. The van der Waals surface area contributed by atoms with Gasteiger partial charge in [-0.25, -0.2) is 4.98 Å². The summed E-state index contributed by atoms with van der Waals surface area (Å²) >= 11 is 0. The average Bonchev–Trinajstić information content (AvgIpc) is 2.92. The molecule has 2 amide bonds. The summed E-state index contributed by atoms with van der Waals surface area (Å²) in [5, 5.41) is 6.87. The number of carbonyl (C=O) groups is 2. The Kier molecular flexibility index (Phi) is 3.54. The van der Waals surface area contributed by atoms with Crippen LogP contribution in [0.2, 0.25) is 0 Å². The van der Waals surface area contributed by atoms with Crippen molar-refractivity contribution in [2.45, 2.75) is 33.6 Å². The van der Waals surface area contributed by atoms with Crippen LogP contribution < -0.4 is 5.73 Å². The maximum atomic E-state index is 12.3. The molecule has 1 aliphatic heterocycles. The van der Waals surface area contributed by atoms with E-state index in [9.17, 15) is 9.59 Å². The first-order chi connectivity index (χ1) is 9.20. The molecule has 1 aromatic rings. The van der Waals surface area contributed by atoms with Gasteiger partial charge < -0.3 is 10.6 Å². The van der Waals surface area contributed by atoms with E-state index in [0.717, 1.165) is 0 Å². The van der Waals surface area contributed by atoms with Gasteiger partial charge in [-0.05, 0) is 6.92 Å². The Morgan fingerprint density at radius 2 is 2.00 bits per heavy atom. The summed E-state index contributed by atoms with van der Waals surface area (Å²) in [5.41, 5.74) is 4.98. The Morgan fingerprint density at radius 3 is 2.45 bits per heavy atom. The van der Waals surface area contributed by atoms with Gasteiger partial charge in [-0.1, -0.05) is 20.8 Å². The predicted molar refractivity (Wildman–Crippen MR) is 72.6 cm³/mol. The molecule has 1 aliphatic rings. The summed E-state index contributed by atoms with van der Waals surface area (Å²) in [5.74, 6) is 0.166. The standard InChI is InChI=1S/C13H21N5O2/c1-7-15-11(17-16-7)9-6-18(5-8(9)10(14)19)12(20)13(2,3)4/h8-9H,5-6H2,1-4H3,(H2,14,19)(H,15,16,17)/t8-,9-/m1/s1. The maximum Gasteiger partial charge on any atom is 0.227 e. The van der Waals surface area contributed by atoms with Crippen LogP contribution >= 0.6 is 0 Å². The second-order valence-electron chi connectivity index (χ2n) is 6.35. The Hall–Kier alpha value is -1.92. The van der Waals surface area contributed by atoms with Crippen molar-refractivity contribution in [3.8, 4) is 0 Å². The summed E-state index contributed by atoms with van der Waals surface area (Å²) in [6, 6.07) is 0. The number of rotatable bonds is 2. The molecule has 1 aromatic heterocycles. The zero-order valence-corrected chi connectivity index (χ0v) is 12.3. The van der Waals surface area contributed by atoms with Gasteiger partial charge in [0.1, 0.15) is 5.82 Å². The quantitative estimate of drug-likeness (QED) is 0.806. The van der Waals surface area contributed by atoms with Crippen molar-refractivity contribution in [2.75, 3.05) is 13.1 Å². The molecule has 2 heterocycles. The highest BCUT2D eigenvalue weighted by atomic mass is 16.2. The van der Waals surface area contributed by atoms with E-state index in [-0.39, 0.29) is 11.8 Å². The first kappa shape index (κ1) is 14.5. The largest absolute Gasteiger partial charge is 0.369 e. The number of primary amides is 1. The van der Waals surface area contributed by atoms with Crippen molar-refractivity contribution < 1.29 is 9.59 Å². The number of hydrogen-bond donors (Lipinski definition) is 2. The van der Waals surface area contributed by atoms with E-state index in [1.54, 1.807) is 11.8 Å². The van der Waals surface area contributed by atoms with Gasteiger partial charge in [0.05, 0.1) is 11.8 Å². The second kappa shape index (κ2) is 4.88. The number of nitrogens with two attached hydrogens (primary N) is 1. The first-order valence-corrected chi connectivity index (χ1v) is 6.67. The van der Waals surface area contributed by atoms with Crippen LogP contribution in [0.25, 0.3) is 0 Å². The minimum Gasteiger partial charge on any atom is -0.369 e. The lowest BCUT2D eigenvalue weighted by atomic mass is 9.95. The van der Waals surface area contributed by atoms with E-state index < -0.39 is 17.2 Å². The van der Waals surface area contributed by atoms with Crippen molar-refractivity contribution in [3.05, 3.63) is 11.6 Å². The van der Waals surface area contributed by atoms with Crippen LogP contribution in [0.5, 0.6) is 0 Å². The van der Waals surface area contributed by atoms with Crippen molar-refractivity contribution in [2.24, 2.45) is 17.1 Å². The molecule has 0 unspecified atom stereocenters. The van der Waals surface area contributed by atoms with Gasteiger partial charge in [0, 0.05) is 18.5 Å². The third kappa shape index (κ3) is 2.66. The molecule has 2 rings (SSSR count). The van der Waals surface area contributed by atoms with Gasteiger partial charge in [0.15, 0.2) is 5.82 Å². The number of aryl methyl sites for hydroxylation is 1. The number of aromatic nitrogens is 3. The minimum absolute atomic E-state index is 0.0125. The molecule has 3 N–H and O–H groups in total. The fourth-order valence-corrected chi connectivity index (χ4v) is 2.52. The number of amides is 2. The highest BCUT2D eigenvalue weighted by Gasteiger charge is 2.43. The first-order valence-electron chi connectivity index (χ1n) is 6.67. The van der Waals surface area contributed by atoms with Crippen molar-refractivity contribution in [1.82, 2.24) is 20.1 Å². The van der Waals surface area contributed by atoms with E-state index in [0.29, 0.717) is 24.7 Å². The smallest absolute Gasteiger partial charge is 0.227 e. The molecule has 1 saturated heterocycles. The van der Waals surface area contributed by atoms with Gasteiger partial charge in [-0.2, -0.15) is 5.10 Å². The number of carbonyl (C=O) groups excluding carboxylic acids is 2. The topological polar surface area (TPSA) is 105 Å². The van der Waals surface area contributed by atoms with E-state index in [4.69, 9.17) is 5.73 Å². The van der Waals surface area contributed by atoms with E-state index in [2.05, 4.69) is 15.2 Å². The lowest BCUT2D eigenvalue weighted by Crippen LogP contribution is -2.38. The average molecular weight is 279 g/mol. The lowest BCUT2D eigenvalue weighted by molar-refractivity contribution is -0.138. The molecule has 0 saturated carbocycles. The van der Waals surface area contributed by atoms with Gasteiger partial charge >= 0.3 is 0 Å². The fourth-order valence-electron chi connectivity index (χ4n) is 2.52. The van der Waals surface area contributed by atoms with Gasteiger partial charge in [-0.3, -0.25) is 14.7 Å². The molecule has 0 spiro atoms. The molecule has 2 atom stereocenters. The monoisotopic (exact) mass is 279 g/mol. The van der Waals surface area contributed by atoms with Crippen LogP contribution in [0, 0.1) is 18.3 Å². The SMILES string of the molecule is Cc1nc([C@@H]2CN(C(=O)C(C)(C)C)C[C@H]2C(N)=O)n[nH]1. The lowest BCUT2D eigenvalue weighted by Gasteiger charge is -2.25. The molecular formula is C13H21N5O2. The normalized spacial score (nSPS) is 23.1. The summed E-state index contributed by atoms with van der Waals surface area (Å²) < 4.78 is 0. The summed E-state index contributed by atoms with van der Waals surface area (Å²) in [7, 11) is 0. The summed E-state index contributed by atoms with van der Waals surface area (Å²) in [6.45, 7) is 8.14. The fraction of sp³-hybridized carbons (Fsp3) is 0.692. The van der Waals surface area contributed by atoms with Crippen LogP contribution in [0.15, 0.2) is 0 Å². The molecule has 0 bridgehead atoms. The molecule has 1 fully saturated rings. The van der Waals surface area contributed by atoms with Gasteiger partial charge in [-0.15, -0.1) is 0 Å². The molecule has 0 aliphatic carbocycles. The Labute approximate surface area is 117 Å². The molecule has 20 heavy (non-hydrogen) atoms. The number of likely N-dealkylation sites (tertiary alicyclic amines) is 1. The third-order valence-electron chi connectivity index (χ3n) is 3.56. The molecule has 0 radical (unpaired) electrons. The highest BCUT2D eigenvalue weighted by molar-refractivity contribution is 5.84. The molecule has 7 heteroatoms. The number of hydrogen-bond acceptors (Lipinski definition) is 4. The predicted octanol–water partition coefficient (Wildman–Crippen LogP) is 0.187. The minimum atomic E-state index is -0.480. The van der Waals surface area contributed by atoms with Crippen LogP contribution in [0.4, 0.5) is 0 Å². The van der Waals surface area contributed by atoms with Crippen LogP contribution in [-0.2, 0) is 9.59 Å². The Morgan fingerprint density at radius 1 is 1.35 bits per heavy atom. The zero-order valence-electron chi connectivity index (χ0n) is 12.3. The van der Waals surface area contributed by atoms with Crippen molar-refractivity contribution in [1.29, 1.82) is 0 Å². The summed E-state index contributed by atoms with van der Waals surface area (Å²) in [4.78, 5) is 29.9. The van der Waals surface area contributed by atoms with Gasteiger partial charge in [0.25, 0.3) is 0 Å².